The van der Waals surface area contributed by atoms with Gasteiger partial charge < -0.3 is 5.32 Å². The molecule has 0 fully saturated rings. The number of nitrogens with zero attached hydrogens (tertiary/aromatic N) is 2. The third kappa shape index (κ3) is 5.15. The number of aryl methyl sites for hydroxylation is 2. The zero-order valence-corrected chi connectivity index (χ0v) is 18.8. The van der Waals surface area contributed by atoms with Crippen LogP contribution in [0.2, 0.25) is 0 Å². The van der Waals surface area contributed by atoms with Gasteiger partial charge in [0.05, 0.1) is 5.69 Å². The number of anilines is 1. The minimum atomic E-state index is -0.186. The zero-order valence-electron chi connectivity index (χ0n) is 18.0. The summed E-state index contributed by atoms with van der Waals surface area (Å²) in [6.45, 7) is 3.99. The van der Waals surface area contributed by atoms with Crippen LogP contribution in [0.4, 0.5) is 5.69 Å². The Morgan fingerprint density at radius 3 is 2.56 bits per heavy atom. The molecule has 160 valence electrons. The van der Waals surface area contributed by atoms with Gasteiger partial charge in [-0.15, -0.1) is 11.3 Å². The highest BCUT2D eigenvalue weighted by Crippen LogP contribution is 2.29. The lowest BCUT2D eigenvalue weighted by molar-refractivity contribution is -0.116. The minimum absolute atomic E-state index is 0.0256. The van der Waals surface area contributed by atoms with Crippen molar-refractivity contribution in [1.29, 1.82) is 0 Å². The summed E-state index contributed by atoms with van der Waals surface area (Å²) in [5.41, 5.74) is 6.28. The van der Waals surface area contributed by atoms with Gasteiger partial charge in [-0.1, -0.05) is 24.3 Å². The highest BCUT2D eigenvalue weighted by atomic mass is 32.1. The van der Waals surface area contributed by atoms with Gasteiger partial charge in [0.2, 0.25) is 5.91 Å². The first-order chi connectivity index (χ1) is 15.5. The minimum Gasteiger partial charge on any atom is -0.326 e. The van der Waals surface area contributed by atoms with E-state index in [1.807, 2.05) is 73.8 Å². The summed E-state index contributed by atoms with van der Waals surface area (Å²) in [4.78, 5) is 33.7. The Bertz CT molecular complexity index is 1270. The quantitative estimate of drug-likeness (QED) is 0.352. The second kappa shape index (κ2) is 9.66. The molecular weight excluding hydrogens is 418 g/mol. The number of carbonyl (C=O) groups excluding carboxylic acids is 2. The number of hydrogen-bond donors (Lipinski definition) is 1. The summed E-state index contributed by atoms with van der Waals surface area (Å²) in [5.74, 6) is -0.212. The van der Waals surface area contributed by atoms with Crippen LogP contribution in [0, 0.1) is 13.8 Å². The number of amides is 1. The predicted molar refractivity (Wildman–Crippen MR) is 129 cm³/mol. The molecule has 4 rings (SSSR count). The van der Waals surface area contributed by atoms with Gasteiger partial charge in [0, 0.05) is 53.0 Å². The largest absolute Gasteiger partial charge is 0.326 e. The van der Waals surface area contributed by atoms with Crippen molar-refractivity contribution in [3.63, 3.8) is 0 Å². The van der Waals surface area contributed by atoms with Crippen molar-refractivity contribution in [3.8, 4) is 21.8 Å². The van der Waals surface area contributed by atoms with Crippen LogP contribution < -0.4 is 5.32 Å². The molecule has 1 N–H and O–H groups in total. The van der Waals surface area contributed by atoms with Crippen LogP contribution in [0.15, 0.2) is 72.4 Å². The first-order valence-corrected chi connectivity index (χ1v) is 11.2. The Labute approximate surface area is 191 Å². The SMILES string of the molecule is Cc1ccc(C(=O)CCC(=O)Nc2cccc(-c3csc(-c4cccnc4)n3)c2)cc1C. The van der Waals surface area contributed by atoms with Crippen molar-refractivity contribution in [2.45, 2.75) is 26.7 Å². The van der Waals surface area contributed by atoms with Crippen molar-refractivity contribution in [2.75, 3.05) is 5.32 Å². The molecule has 0 bridgehead atoms. The number of rotatable bonds is 7. The lowest BCUT2D eigenvalue weighted by atomic mass is 10.0. The van der Waals surface area contributed by atoms with Crippen LogP contribution in [-0.2, 0) is 4.79 Å². The topological polar surface area (TPSA) is 72.0 Å². The number of aromatic nitrogens is 2. The van der Waals surface area contributed by atoms with Gasteiger partial charge in [0.1, 0.15) is 5.01 Å². The molecule has 0 radical (unpaired) electrons. The zero-order chi connectivity index (χ0) is 22.5. The lowest BCUT2D eigenvalue weighted by Gasteiger charge is -2.07. The molecule has 0 aliphatic rings. The molecule has 0 spiro atoms. The molecule has 4 aromatic rings. The molecule has 0 saturated carbocycles. The Balaban J connectivity index is 1.38. The molecule has 1 amide bonds. The number of carbonyl (C=O) groups is 2. The van der Waals surface area contributed by atoms with Gasteiger partial charge in [0.15, 0.2) is 5.78 Å². The fraction of sp³-hybridized carbons (Fsp3) is 0.154. The third-order valence-corrected chi connectivity index (χ3v) is 6.15. The maximum absolute atomic E-state index is 12.4. The number of Topliss-reactive ketones (excluding diaryl/α,β-unsaturated/α-hetero) is 1. The van der Waals surface area contributed by atoms with Crippen molar-refractivity contribution in [1.82, 2.24) is 9.97 Å². The lowest BCUT2D eigenvalue weighted by Crippen LogP contribution is -2.13. The molecule has 2 aromatic carbocycles. The second-order valence-electron chi connectivity index (χ2n) is 7.63. The van der Waals surface area contributed by atoms with Gasteiger partial charge in [-0.05, 0) is 55.3 Å². The van der Waals surface area contributed by atoms with E-state index in [9.17, 15) is 9.59 Å². The Morgan fingerprint density at radius 2 is 1.78 bits per heavy atom. The van der Waals surface area contributed by atoms with Crippen molar-refractivity contribution < 1.29 is 9.59 Å². The number of benzene rings is 2. The summed E-state index contributed by atoms with van der Waals surface area (Å²) < 4.78 is 0. The normalized spacial score (nSPS) is 10.7. The average molecular weight is 442 g/mol. The van der Waals surface area contributed by atoms with E-state index in [0.29, 0.717) is 11.3 Å². The monoisotopic (exact) mass is 441 g/mol. The smallest absolute Gasteiger partial charge is 0.224 e. The number of ketones is 1. The van der Waals surface area contributed by atoms with Gasteiger partial charge in [0.25, 0.3) is 0 Å². The first kappa shape index (κ1) is 21.6. The third-order valence-electron chi connectivity index (χ3n) is 5.26. The molecular formula is C26H23N3O2S. The van der Waals surface area contributed by atoms with E-state index in [2.05, 4.69) is 10.3 Å². The van der Waals surface area contributed by atoms with E-state index in [-0.39, 0.29) is 24.5 Å². The highest BCUT2D eigenvalue weighted by molar-refractivity contribution is 7.13. The molecule has 5 nitrogen and oxygen atoms in total. The van der Waals surface area contributed by atoms with Gasteiger partial charge in [-0.2, -0.15) is 0 Å². The molecule has 2 aromatic heterocycles. The predicted octanol–water partition coefficient (Wildman–Crippen LogP) is 6.09. The second-order valence-corrected chi connectivity index (χ2v) is 8.49. The van der Waals surface area contributed by atoms with Crippen LogP contribution in [-0.4, -0.2) is 21.7 Å². The van der Waals surface area contributed by atoms with Gasteiger partial charge in [-0.3, -0.25) is 14.6 Å². The number of nitrogens with one attached hydrogen (secondary N) is 1. The molecule has 0 atom stereocenters. The van der Waals surface area contributed by atoms with Gasteiger partial charge >= 0.3 is 0 Å². The Hall–Kier alpha value is -3.64. The highest BCUT2D eigenvalue weighted by Gasteiger charge is 2.12. The van der Waals surface area contributed by atoms with E-state index in [1.54, 1.807) is 23.7 Å². The van der Waals surface area contributed by atoms with Crippen molar-refractivity contribution >= 4 is 28.7 Å². The Kier molecular flexibility index (Phi) is 6.52. The number of thiazole rings is 1. The fourth-order valence-corrected chi connectivity index (χ4v) is 4.11. The van der Waals surface area contributed by atoms with Crippen LogP contribution in [0.5, 0.6) is 0 Å². The van der Waals surface area contributed by atoms with Crippen molar-refractivity contribution in [2.24, 2.45) is 0 Å². The van der Waals surface area contributed by atoms with E-state index in [1.165, 1.54) is 0 Å². The van der Waals surface area contributed by atoms with Crippen LogP contribution >= 0.6 is 11.3 Å². The maximum Gasteiger partial charge on any atom is 0.224 e. The maximum atomic E-state index is 12.4. The molecule has 2 heterocycles. The first-order valence-electron chi connectivity index (χ1n) is 10.4. The van der Waals surface area contributed by atoms with E-state index < -0.39 is 0 Å². The molecule has 6 heteroatoms. The average Bonchev–Trinajstić information content (AvgIpc) is 3.30. The summed E-state index contributed by atoms with van der Waals surface area (Å²) >= 11 is 1.55. The summed E-state index contributed by atoms with van der Waals surface area (Å²) in [5, 5.41) is 5.78. The molecule has 0 saturated heterocycles. The summed E-state index contributed by atoms with van der Waals surface area (Å²) in [6, 6.07) is 17.1. The van der Waals surface area contributed by atoms with Crippen molar-refractivity contribution in [3.05, 3.63) is 89.1 Å². The molecule has 32 heavy (non-hydrogen) atoms. The Morgan fingerprint density at radius 1 is 0.938 bits per heavy atom. The number of pyridine rings is 1. The fourth-order valence-electron chi connectivity index (χ4n) is 3.29. The number of hydrogen-bond acceptors (Lipinski definition) is 5. The molecule has 0 aliphatic heterocycles. The molecule has 0 aliphatic carbocycles. The van der Waals surface area contributed by atoms with Gasteiger partial charge in [-0.25, -0.2) is 4.98 Å². The van der Waals surface area contributed by atoms with Crippen LogP contribution in [0.3, 0.4) is 0 Å². The molecule has 0 unspecified atom stereocenters. The van der Waals surface area contributed by atoms with E-state index >= 15 is 0 Å². The summed E-state index contributed by atoms with van der Waals surface area (Å²) in [7, 11) is 0. The standard InChI is InChI=1S/C26H23N3O2S/c1-17-8-9-20(13-18(17)2)24(30)10-11-25(31)28-22-7-3-5-19(14-22)23-16-32-26(29-23)21-6-4-12-27-15-21/h3-9,12-16H,10-11H2,1-2H3,(H,28,31). The van der Waals surface area contributed by atoms with E-state index in [4.69, 9.17) is 4.98 Å². The van der Waals surface area contributed by atoms with E-state index in [0.717, 1.165) is 33.0 Å². The van der Waals surface area contributed by atoms with Crippen LogP contribution in [0.25, 0.3) is 21.8 Å². The summed E-state index contributed by atoms with van der Waals surface area (Å²) in [6.07, 6.45) is 3.84. The van der Waals surface area contributed by atoms with Crippen LogP contribution in [0.1, 0.15) is 34.3 Å².